The molecule has 0 spiro atoms. The molecule has 1 aliphatic carbocycles. The Kier molecular flexibility index (Phi) is 8.40. The molecule has 0 saturated carbocycles. The van der Waals surface area contributed by atoms with Crippen molar-refractivity contribution in [1.82, 2.24) is 0 Å². The van der Waals surface area contributed by atoms with Gasteiger partial charge in [0.25, 0.3) is 0 Å². The zero-order chi connectivity index (χ0) is 25.8. The van der Waals surface area contributed by atoms with Gasteiger partial charge in [0.05, 0.1) is 18.6 Å². The lowest BCUT2D eigenvalue weighted by atomic mass is 9.67. The SMILES string of the molecule is CSc1cc(C2(c3ccc(OCCS)c(SC)c3)c3ccccc3-c3ccccc32)ccc1OCCS. The van der Waals surface area contributed by atoms with Gasteiger partial charge >= 0.3 is 0 Å². The fraction of sp³-hybridized carbons (Fsp3) is 0.226. The maximum atomic E-state index is 6.04. The lowest BCUT2D eigenvalue weighted by Gasteiger charge is -2.34. The summed E-state index contributed by atoms with van der Waals surface area (Å²) in [6.45, 7) is 1.16. The van der Waals surface area contributed by atoms with Crippen LogP contribution >= 0.6 is 48.8 Å². The van der Waals surface area contributed by atoms with Crippen LogP contribution in [0.25, 0.3) is 11.1 Å². The second-order valence-corrected chi connectivity index (χ2v) is 11.3. The number of hydrogen-bond donors (Lipinski definition) is 2. The molecule has 0 saturated heterocycles. The molecule has 6 heteroatoms. The molecule has 0 fully saturated rings. The number of benzene rings is 4. The van der Waals surface area contributed by atoms with E-state index >= 15 is 0 Å². The molecule has 37 heavy (non-hydrogen) atoms. The van der Waals surface area contributed by atoms with Crippen molar-refractivity contribution in [3.8, 4) is 22.6 Å². The van der Waals surface area contributed by atoms with Gasteiger partial charge in [-0.3, -0.25) is 0 Å². The highest BCUT2D eigenvalue weighted by Gasteiger charge is 2.46. The van der Waals surface area contributed by atoms with E-state index in [4.69, 9.17) is 9.47 Å². The van der Waals surface area contributed by atoms with Crippen LogP contribution in [0.1, 0.15) is 22.3 Å². The van der Waals surface area contributed by atoms with E-state index in [-0.39, 0.29) is 0 Å². The van der Waals surface area contributed by atoms with Gasteiger partial charge in [0.2, 0.25) is 0 Å². The fourth-order valence-corrected chi connectivity index (χ4v) is 6.70. The van der Waals surface area contributed by atoms with Crippen LogP contribution in [-0.2, 0) is 5.41 Å². The zero-order valence-corrected chi connectivity index (χ0v) is 24.4. The topological polar surface area (TPSA) is 18.5 Å². The smallest absolute Gasteiger partial charge is 0.132 e. The van der Waals surface area contributed by atoms with E-state index in [0.29, 0.717) is 24.7 Å². The van der Waals surface area contributed by atoms with E-state index in [9.17, 15) is 0 Å². The molecule has 0 heterocycles. The third-order valence-corrected chi connectivity index (χ3v) is 8.73. The lowest BCUT2D eigenvalue weighted by molar-refractivity contribution is 0.336. The van der Waals surface area contributed by atoms with Crippen molar-refractivity contribution in [2.24, 2.45) is 0 Å². The van der Waals surface area contributed by atoms with Crippen LogP contribution in [0.5, 0.6) is 11.5 Å². The Morgan fingerprint density at radius 1 is 0.622 bits per heavy atom. The highest BCUT2D eigenvalue weighted by Crippen LogP contribution is 2.57. The summed E-state index contributed by atoms with van der Waals surface area (Å²) in [6, 6.07) is 30.9. The number of thioether (sulfide) groups is 2. The molecule has 0 aliphatic heterocycles. The summed E-state index contributed by atoms with van der Waals surface area (Å²) in [5.41, 5.74) is 7.13. The minimum Gasteiger partial charge on any atom is -0.492 e. The highest BCUT2D eigenvalue weighted by atomic mass is 32.2. The van der Waals surface area contributed by atoms with E-state index in [2.05, 4.69) is 123 Å². The van der Waals surface area contributed by atoms with Crippen LogP contribution in [0, 0.1) is 0 Å². The second kappa shape index (κ2) is 11.7. The second-order valence-electron chi connectivity index (χ2n) is 8.72. The predicted octanol–water partition coefficient (Wildman–Crippen LogP) is 8.11. The number of fused-ring (bicyclic) bond motifs is 3. The Hall–Kier alpha value is -2.12. The first kappa shape index (κ1) is 26.5. The molecule has 0 bridgehead atoms. The maximum absolute atomic E-state index is 6.04. The van der Waals surface area contributed by atoms with Gasteiger partial charge in [0, 0.05) is 21.3 Å². The summed E-state index contributed by atoms with van der Waals surface area (Å²) in [5.74, 6) is 3.17. The average Bonchev–Trinajstić information content (AvgIpc) is 3.26. The number of rotatable bonds is 10. The van der Waals surface area contributed by atoms with E-state index in [0.717, 1.165) is 21.3 Å². The van der Waals surface area contributed by atoms with E-state index in [1.807, 2.05) is 0 Å². The summed E-state index contributed by atoms with van der Waals surface area (Å²) in [6.07, 6.45) is 4.21. The molecule has 0 aromatic heterocycles. The van der Waals surface area contributed by atoms with Gasteiger partial charge in [-0.25, -0.2) is 0 Å². The monoisotopic (exact) mass is 562 g/mol. The molecule has 1 aliphatic rings. The molecule has 0 amide bonds. The molecule has 0 radical (unpaired) electrons. The van der Waals surface area contributed by atoms with Crippen molar-refractivity contribution in [2.45, 2.75) is 15.2 Å². The van der Waals surface area contributed by atoms with Gasteiger partial charge in [-0.05, 0) is 70.2 Å². The summed E-state index contributed by atoms with van der Waals surface area (Å²) < 4.78 is 12.1. The fourth-order valence-electron chi connectivity index (χ4n) is 5.38. The Morgan fingerprint density at radius 2 is 1.05 bits per heavy atom. The maximum Gasteiger partial charge on any atom is 0.132 e. The van der Waals surface area contributed by atoms with Gasteiger partial charge in [-0.15, -0.1) is 23.5 Å². The number of hydrogen-bond acceptors (Lipinski definition) is 6. The van der Waals surface area contributed by atoms with Crippen LogP contribution in [0.2, 0.25) is 0 Å². The summed E-state index contributed by atoms with van der Waals surface area (Å²) in [7, 11) is 0. The van der Waals surface area contributed by atoms with Crippen molar-refractivity contribution in [3.05, 3.63) is 107 Å². The first-order chi connectivity index (χ1) is 18.2. The van der Waals surface area contributed by atoms with Crippen LogP contribution in [0.3, 0.4) is 0 Å². The minimum absolute atomic E-state index is 0.466. The normalized spacial score (nSPS) is 13.2. The van der Waals surface area contributed by atoms with Crippen molar-refractivity contribution >= 4 is 48.8 Å². The van der Waals surface area contributed by atoms with E-state index in [1.165, 1.54) is 33.4 Å². The summed E-state index contributed by atoms with van der Waals surface area (Å²) in [4.78, 5) is 2.25. The third-order valence-electron chi connectivity index (χ3n) is 6.84. The lowest BCUT2D eigenvalue weighted by Crippen LogP contribution is -2.28. The zero-order valence-electron chi connectivity index (χ0n) is 20.9. The number of ether oxygens (including phenoxy) is 2. The van der Waals surface area contributed by atoms with E-state index < -0.39 is 5.41 Å². The molecule has 0 N–H and O–H groups in total. The number of thiol groups is 2. The Balaban J connectivity index is 1.81. The summed E-state index contributed by atoms with van der Waals surface area (Å²) >= 11 is 12.1. The molecule has 4 aromatic carbocycles. The quantitative estimate of drug-likeness (QED) is 0.132. The highest BCUT2D eigenvalue weighted by molar-refractivity contribution is 7.99. The first-order valence-corrected chi connectivity index (χ1v) is 15.9. The minimum atomic E-state index is -0.466. The van der Waals surface area contributed by atoms with Gasteiger partial charge in [0.1, 0.15) is 11.5 Å². The Bertz CT molecular complexity index is 1290. The summed E-state index contributed by atoms with van der Waals surface area (Å²) in [5, 5.41) is 0. The van der Waals surface area contributed by atoms with Gasteiger partial charge < -0.3 is 9.47 Å². The van der Waals surface area contributed by atoms with Crippen molar-refractivity contribution in [3.63, 3.8) is 0 Å². The standard InChI is InChI=1S/C31H30O2S4/c1-36-29-19-21(11-13-27(29)32-15-17-34)31(22-12-14-28(33-16-18-35)30(20-22)37-2)25-9-5-3-7-23(25)24-8-4-6-10-26(24)31/h3-14,19-20,34-35H,15-18H2,1-2H3. The molecule has 190 valence electrons. The molecule has 4 aromatic rings. The van der Waals surface area contributed by atoms with Crippen LogP contribution in [-0.4, -0.2) is 37.2 Å². The Labute approximate surface area is 239 Å². The first-order valence-electron chi connectivity index (χ1n) is 12.2. The van der Waals surface area contributed by atoms with Crippen molar-refractivity contribution in [1.29, 1.82) is 0 Å². The molecule has 0 atom stereocenters. The third kappa shape index (κ3) is 4.67. The van der Waals surface area contributed by atoms with Crippen LogP contribution < -0.4 is 9.47 Å². The van der Waals surface area contributed by atoms with Crippen LogP contribution in [0.4, 0.5) is 0 Å². The van der Waals surface area contributed by atoms with Gasteiger partial charge in [-0.1, -0.05) is 60.7 Å². The molecular weight excluding hydrogens is 533 g/mol. The molecule has 5 rings (SSSR count). The van der Waals surface area contributed by atoms with Crippen LogP contribution in [0.15, 0.2) is 94.7 Å². The van der Waals surface area contributed by atoms with E-state index in [1.54, 1.807) is 23.5 Å². The molecule has 2 nitrogen and oxygen atoms in total. The van der Waals surface area contributed by atoms with Crippen molar-refractivity contribution in [2.75, 3.05) is 37.2 Å². The van der Waals surface area contributed by atoms with Gasteiger partial charge in [-0.2, -0.15) is 25.3 Å². The molecule has 0 unspecified atom stereocenters. The molecular formula is C31H30O2S4. The average molecular weight is 563 g/mol. The largest absolute Gasteiger partial charge is 0.492 e. The van der Waals surface area contributed by atoms with Gasteiger partial charge in [0.15, 0.2) is 0 Å². The van der Waals surface area contributed by atoms with Crippen molar-refractivity contribution < 1.29 is 9.47 Å². The Morgan fingerprint density at radius 3 is 1.46 bits per heavy atom. The predicted molar refractivity (Wildman–Crippen MR) is 166 cm³/mol.